The van der Waals surface area contributed by atoms with Crippen molar-refractivity contribution in [3.8, 4) is 0 Å². The lowest BCUT2D eigenvalue weighted by atomic mass is 9.87. The molecule has 40 heavy (non-hydrogen) atoms. The van der Waals surface area contributed by atoms with Gasteiger partial charge < -0.3 is 29.4 Å². The summed E-state index contributed by atoms with van der Waals surface area (Å²) in [4.78, 5) is 35.4. The number of ether oxygens (including phenoxy) is 4. The molecule has 4 N–H and O–H groups in total. The van der Waals surface area contributed by atoms with E-state index in [0.717, 1.165) is 17.0 Å². The van der Waals surface area contributed by atoms with Crippen LogP contribution < -0.4 is 11.2 Å². The van der Waals surface area contributed by atoms with Crippen molar-refractivity contribution in [1.82, 2.24) is 10.3 Å². The Hall–Kier alpha value is -2.57. The van der Waals surface area contributed by atoms with E-state index in [1.54, 1.807) is 13.0 Å². The third kappa shape index (κ3) is 8.97. The Balaban J connectivity index is 1.51. The Labute approximate surface area is 236 Å². The second-order valence-electron chi connectivity index (χ2n) is 11.4. The summed E-state index contributed by atoms with van der Waals surface area (Å²) in [7, 11) is 1.50. The minimum atomic E-state index is -0.812. The molecule has 0 aliphatic carbocycles. The van der Waals surface area contributed by atoms with Gasteiger partial charge in [-0.2, -0.15) is 0 Å². The zero-order valence-corrected chi connectivity index (χ0v) is 24.4. The minimum Gasteiger partial charge on any atom is -0.459 e. The van der Waals surface area contributed by atoms with Crippen molar-refractivity contribution < 1.29 is 38.4 Å². The maximum Gasteiger partial charge on any atom is 0.303 e. The van der Waals surface area contributed by atoms with Crippen LogP contribution in [-0.2, 0) is 33.3 Å². The minimum absolute atomic E-state index is 0.00525. The van der Waals surface area contributed by atoms with Gasteiger partial charge >= 0.3 is 5.97 Å². The summed E-state index contributed by atoms with van der Waals surface area (Å²) in [6, 6.07) is -0.127. The smallest absolute Gasteiger partial charge is 0.303 e. The molecule has 0 bridgehead atoms. The third-order valence-corrected chi connectivity index (χ3v) is 7.72. The van der Waals surface area contributed by atoms with Crippen molar-refractivity contribution in [3.05, 3.63) is 36.0 Å². The average molecular weight is 564 g/mol. The third-order valence-electron chi connectivity index (χ3n) is 7.72. The Morgan fingerprint density at radius 1 is 1.23 bits per heavy atom. The topological polar surface area (TPSA) is 153 Å². The fraction of sp³-hybridized carbons (Fsp3) is 0.690. The van der Waals surface area contributed by atoms with Crippen molar-refractivity contribution in [2.75, 3.05) is 13.7 Å². The van der Waals surface area contributed by atoms with E-state index < -0.39 is 29.9 Å². The highest BCUT2D eigenvalue weighted by Crippen LogP contribution is 2.43. The van der Waals surface area contributed by atoms with Gasteiger partial charge in [-0.05, 0) is 45.6 Å². The Morgan fingerprint density at radius 3 is 2.55 bits per heavy atom. The number of amides is 2. The monoisotopic (exact) mass is 563 g/mol. The van der Waals surface area contributed by atoms with E-state index in [0.29, 0.717) is 19.4 Å². The lowest BCUT2D eigenvalue weighted by Crippen LogP contribution is -2.51. The van der Waals surface area contributed by atoms with Crippen LogP contribution in [-0.4, -0.2) is 89.8 Å². The fourth-order valence-corrected chi connectivity index (χ4v) is 5.23. The highest BCUT2D eigenvalue weighted by Gasteiger charge is 2.58. The van der Waals surface area contributed by atoms with Crippen LogP contribution in [0.15, 0.2) is 36.0 Å². The van der Waals surface area contributed by atoms with Crippen LogP contribution in [0.25, 0.3) is 0 Å². The molecule has 224 valence electrons. The number of allylic oxidation sites excluding steroid dienone is 2. The highest BCUT2D eigenvalue weighted by molar-refractivity contribution is 5.87. The standard InChI is InChI=1S/C29H45N3O8/c1-17(8-11-25-28(36)29(16-37-29)15-22(40-25)14-27(35)32(6)30)7-10-24-18(2)13-23(20(4)39-24)31-26(34)12-9-19(3)38-21(5)33/h7-9,11-12,18-20,22-25,28,36H,10,13-16,30H2,1-6H3,(H,31,34)/t18-,19-,20+,22+,23+,24-,25+,28+,29+/m0/s1. The molecule has 11 heteroatoms. The lowest BCUT2D eigenvalue weighted by Gasteiger charge is -2.39. The number of aliphatic hydroxyl groups is 1. The number of rotatable bonds is 10. The molecular weight excluding hydrogens is 518 g/mol. The molecule has 3 rings (SSSR count). The van der Waals surface area contributed by atoms with Gasteiger partial charge in [-0.1, -0.05) is 30.7 Å². The van der Waals surface area contributed by atoms with Gasteiger partial charge in [0.05, 0.1) is 37.4 Å². The molecule has 3 aliphatic rings. The van der Waals surface area contributed by atoms with Gasteiger partial charge in [0.15, 0.2) is 0 Å². The Morgan fingerprint density at radius 2 is 1.93 bits per heavy atom. The average Bonchev–Trinajstić information content (AvgIpc) is 3.64. The highest BCUT2D eigenvalue weighted by atomic mass is 16.6. The molecule has 0 unspecified atom stereocenters. The number of hydrogen-bond donors (Lipinski definition) is 3. The number of nitrogens with one attached hydrogen (secondary N) is 1. The number of carbonyl (C=O) groups excluding carboxylic acids is 3. The number of esters is 1. The SMILES string of the molecule is CC(=O)O[C@@H](C)C=CC(=O)N[C@@H]1C[C@H](C)[C@H](CC=C(C)C=C[C@H]2O[C@H](CC(=O)N(C)N)C[C@@]3(CO3)[C@@H]2O)O[C@@H]1C. The molecule has 9 atom stereocenters. The largest absolute Gasteiger partial charge is 0.459 e. The molecule has 3 aliphatic heterocycles. The molecule has 3 heterocycles. The number of hydrogen-bond acceptors (Lipinski definition) is 9. The molecular formula is C29H45N3O8. The molecule has 2 amide bonds. The summed E-state index contributed by atoms with van der Waals surface area (Å²) >= 11 is 0. The molecule has 11 nitrogen and oxygen atoms in total. The van der Waals surface area contributed by atoms with Gasteiger partial charge in [-0.3, -0.25) is 19.4 Å². The predicted octanol–water partition coefficient (Wildman–Crippen LogP) is 1.69. The van der Waals surface area contributed by atoms with E-state index in [2.05, 4.69) is 18.3 Å². The number of epoxide rings is 1. The number of aliphatic hydroxyl groups excluding tert-OH is 1. The number of nitrogens with two attached hydrogens (primary N) is 1. The van der Waals surface area contributed by atoms with E-state index in [1.807, 2.05) is 26.0 Å². The molecule has 0 radical (unpaired) electrons. The van der Waals surface area contributed by atoms with Gasteiger partial charge in [0.2, 0.25) is 11.8 Å². The summed E-state index contributed by atoms with van der Waals surface area (Å²) < 4.78 is 22.9. The molecule has 0 aromatic heterocycles. The summed E-state index contributed by atoms with van der Waals surface area (Å²) in [5.41, 5.74) is 0.333. The van der Waals surface area contributed by atoms with Crippen LogP contribution >= 0.6 is 0 Å². The molecule has 3 saturated heterocycles. The predicted molar refractivity (Wildman–Crippen MR) is 147 cm³/mol. The van der Waals surface area contributed by atoms with Crippen molar-refractivity contribution >= 4 is 17.8 Å². The summed E-state index contributed by atoms with van der Waals surface area (Å²) in [6.07, 6.45) is 8.36. The van der Waals surface area contributed by atoms with Gasteiger partial charge in [0.25, 0.3) is 0 Å². The molecule has 0 saturated carbocycles. The van der Waals surface area contributed by atoms with Crippen molar-refractivity contribution in [3.63, 3.8) is 0 Å². The van der Waals surface area contributed by atoms with Gasteiger partial charge in [0.1, 0.15) is 23.9 Å². The first-order chi connectivity index (χ1) is 18.8. The van der Waals surface area contributed by atoms with Crippen molar-refractivity contribution in [2.45, 2.75) is 109 Å². The van der Waals surface area contributed by atoms with Crippen molar-refractivity contribution in [2.24, 2.45) is 11.8 Å². The molecule has 0 aromatic carbocycles. The molecule has 0 aromatic rings. The van der Waals surface area contributed by atoms with Gasteiger partial charge in [-0.25, -0.2) is 5.84 Å². The summed E-state index contributed by atoms with van der Waals surface area (Å²) in [5.74, 6) is 4.88. The van der Waals surface area contributed by atoms with Crippen LogP contribution in [0.3, 0.4) is 0 Å². The van der Waals surface area contributed by atoms with Crippen LogP contribution in [0.1, 0.15) is 60.3 Å². The van der Waals surface area contributed by atoms with Crippen LogP contribution in [0.2, 0.25) is 0 Å². The van der Waals surface area contributed by atoms with Gasteiger partial charge in [-0.15, -0.1) is 0 Å². The number of hydrazine groups is 1. The fourth-order valence-electron chi connectivity index (χ4n) is 5.23. The molecule has 1 spiro atoms. The van der Waals surface area contributed by atoms with E-state index in [4.69, 9.17) is 24.8 Å². The Kier molecular flexibility index (Phi) is 11.1. The second kappa shape index (κ2) is 13.9. The zero-order chi connectivity index (χ0) is 29.6. The van der Waals surface area contributed by atoms with E-state index in [1.165, 1.54) is 20.0 Å². The van der Waals surface area contributed by atoms with Crippen LogP contribution in [0.4, 0.5) is 0 Å². The Bertz CT molecular complexity index is 1010. The first kappa shape index (κ1) is 32.0. The maximum atomic E-state index is 12.4. The molecule has 3 fully saturated rings. The first-order valence-electron chi connectivity index (χ1n) is 13.9. The van der Waals surface area contributed by atoms with E-state index >= 15 is 0 Å². The first-order valence-corrected chi connectivity index (χ1v) is 13.9. The summed E-state index contributed by atoms with van der Waals surface area (Å²) in [5, 5.41) is 14.8. The van der Waals surface area contributed by atoms with Gasteiger partial charge in [0, 0.05) is 26.5 Å². The summed E-state index contributed by atoms with van der Waals surface area (Å²) in [6.45, 7) is 9.50. The number of nitrogens with zero attached hydrogens (tertiary/aromatic N) is 1. The quantitative estimate of drug-likeness (QED) is 0.0685. The van der Waals surface area contributed by atoms with E-state index in [9.17, 15) is 19.5 Å². The normalized spacial score (nSPS) is 35.1. The zero-order valence-electron chi connectivity index (χ0n) is 24.4. The van der Waals surface area contributed by atoms with E-state index in [-0.39, 0.29) is 48.5 Å². The maximum absolute atomic E-state index is 12.4. The van der Waals surface area contributed by atoms with Crippen LogP contribution in [0, 0.1) is 5.92 Å². The van der Waals surface area contributed by atoms with Crippen LogP contribution in [0.5, 0.6) is 0 Å². The second-order valence-corrected chi connectivity index (χ2v) is 11.4. The number of carbonyl (C=O) groups is 3. The lowest BCUT2D eigenvalue weighted by molar-refractivity contribution is -0.150. The van der Waals surface area contributed by atoms with Crippen molar-refractivity contribution in [1.29, 1.82) is 0 Å².